The number of halogens is 4. The van der Waals surface area contributed by atoms with Crippen LogP contribution < -0.4 is 0 Å². The van der Waals surface area contributed by atoms with Crippen molar-refractivity contribution in [1.29, 1.82) is 0 Å². The quantitative estimate of drug-likeness (QED) is 0.545. The van der Waals surface area contributed by atoms with Crippen molar-refractivity contribution in [3.8, 4) is 0 Å². The zero-order chi connectivity index (χ0) is 16.0. The van der Waals surface area contributed by atoms with Gasteiger partial charge in [0.15, 0.2) is 0 Å². The van der Waals surface area contributed by atoms with E-state index in [9.17, 15) is 17.6 Å². The van der Waals surface area contributed by atoms with Crippen LogP contribution in [0.1, 0.15) is 67.2 Å². The van der Waals surface area contributed by atoms with Gasteiger partial charge in [0.2, 0.25) is 0 Å². The van der Waals surface area contributed by atoms with Crippen LogP contribution in [0.2, 0.25) is 0 Å². The monoisotopic (exact) mass is 296 g/mol. The van der Waals surface area contributed by atoms with E-state index in [0.717, 1.165) is 0 Å². The van der Waals surface area contributed by atoms with Crippen LogP contribution in [0.3, 0.4) is 0 Å². The van der Waals surface area contributed by atoms with Gasteiger partial charge >= 0.3 is 0 Å². The zero-order valence-electron chi connectivity index (χ0n) is 13.5. The summed E-state index contributed by atoms with van der Waals surface area (Å²) >= 11 is 0. The standard InChI is InChI=1S/C16H28F4/c1-7-13(3,4)11-9-15(17,18)12(14(5,6)8-2)16(19,20)10-11/h11-12H,7-10H2,1-6H3. The van der Waals surface area contributed by atoms with Gasteiger partial charge < -0.3 is 0 Å². The molecule has 1 aliphatic carbocycles. The third-order valence-electron chi connectivity index (χ3n) is 5.59. The molecule has 0 aromatic rings. The Kier molecular flexibility index (Phi) is 4.59. The fraction of sp³-hybridized carbons (Fsp3) is 1.00. The predicted octanol–water partition coefficient (Wildman–Crippen LogP) is 6.16. The van der Waals surface area contributed by atoms with E-state index < -0.39 is 47.4 Å². The van der Waals surface area contributed by atoms with Crippen LogP contribution in [0.5, 0.6) is 0 Å². The van der Waals surface area contributed by atoms with Crippen LogP contribution in [0.4, 0.5) is 17.6 Å². The molecule has 0 N–H and O–H groups in total. The number of hydrogen-bond donors (Lipinski definition) is 0. The van der Waals surface area contributed by atoms with Crippen molar-refractivity contribution in [2.24, 2.45) is 22.7 Å². The van der Waals surface area contributed by atoms with Crippen LogP contribution in [0.25, 0.3) is 0 Å². The highest BCUT2D eigenvalue weighted by atomic mass is 19.3. The predicted molar refractivity (Wildman–Crippen MR) is 74.3 cm³/mol. The summed E-state index contributed by atoms with van der Waals surface area (Å²) in [5.74, 6) is -9.12. The van der Waals surface area contributed by atoms with Crippen molar-refractivity contribution in [3.05, 3.63) is 0 Å². The Morgan fingerprint density at radius 3 is 1.45 bits per heavy atom. The van der Waals surface area contributed by atoms with Crippen molar-refractivity contribution in [3.63, 3.8) is 0 Å². The van der Waals surface area contributed by atoms with Gasteiger partial charge in [0.05, 0.1) is 5.92 Å². The first-order chi connectivity index (χ1) is 8.80. The van der Waals surface area contributed by atoms with Gasteiger partial charge in [-0.15, -0.1) is 0 Å². The first-order valence-electron chi connectivity index (χ1n) is 7.56. The lowest BCUT2D eigenvalue weighted by Gasteiger charge is -2.51. The summed E-state index contributed by atoms with van der Waals surface area (Å²) in [6, 6.07) is 0. The third-order valence-corrected chi connectivity index (χ3v) is 5.59. The lowest BCUT2D eigenvalue weighted by molar-refractivity contribution is -0.260. The molecule has 4 heteroatoms. The number of rotatable bonds is 4. The SMILES string of the molecule is CCC(C)(C)C1CC(F)(F)C(C(C)(C)CC)C(F)(F)C1. The van der Waals surface area contributed by atoms with Crippen molar-refractivity contribution < 1.29 is 17.6 Å². The van der Waals surface area contributed by atoms with Gasteiger partial charge in [0.1, 0.15) is 0 Å². The molecule has 1 fully saturated rings. The maximum Gasteiger partial charge on any atom is 0.257 e. The lowest BCUT2D eigenvalue weighted by Crippen LogP contribution is -2.56. The van der Waals surface area contributed by atoms with E-state index in [2.05, 4.69) is 0 Å². The Morgan fingerprint density at radius 2 is 1.15 bits per heavy atom. The molecule has 0 spiro atoms. The average Bonchev–Trinajstić information content (AvgIpc) is 2.25. The first kappa shape index (κ1) is 17.8. The van der Waals surface area contributed by atoms with Crippen molar-refractivity contribution in [1.82, 2.24) is 0 Å². The summed E-state index contributed by atoms with van der Waals surface area (Å²) in [5.41, 5.74) is -1.54. The summed E-state index contributed by atoms with van der Waals surface area (Å²) < 4.78 is 57.9. The fourth-order valence-electron chi connectivity index (χ4n) is 3.46. The zero-order valence-corrected chi connectivity index (χ0v) is 13.5. The maximum absolute atomic E-state index is 14.5. The Morgan fingerprint density at radius 1 is 0.800 bits per heavy atom. The minimum Gasteiger partial charge on any atom is -0.206 e. The van der Waals surface area contributed by atoms with Gasteiger partial charge in [-0.1, -0.05) is 54.4 Å². The summed E-state index contributed by atoms with van der Waals surface area (Å²) in [7, 11) is 0. The van der Waals surface area contributed by atoms with Gasteiger partial charge in [-0.2, -0.15) is 0 Å². The second-order valence-corrected chi connectivity index (χ2v) is 7.74. The summed E-state index contributed by atoms with van der Waals surface area (Å²) in [5, 5.41) is 0. The Bertz CT molecular complexity index is 326. The van der Waals surface area contributed by atoms with Crippen LogP contribution in [-0.2, 0) is 0 Å². The molecule has 0 nitrogen and oxygen atoms in total. The molecule has 0 radical (unpaired) electrons. The summed E-state index contributed by atoms with van der Waals surface area (Å²) in [4.78, 5) is 0. The molecule has 0 bridgehead atoms. The second kappa shape index (κ2) is 5.17. The summed E-state index contributed by atoms with van der Waals surface area (Å²) in [6.45, 7) is 10.3. The molecule has 120 valence electrons. The number of hydrogen-bond acceptors (Lipinski definition) is 0. The van der Waals surface area contributed by atoms with E-state index in [0.29, 0.717) is 12.8 Å². The Hall–Kier alpha value is -0.280. The highest BCUT2D eigenvalue weighted by Gasteiger charge is 2.65. The van der Waals surface area contributed by atoms with Gasteiger partial charge in [-0.25, -0.2) is 17.6 Å². The van der Waals surface area contributed by atoms with Crippen molar-refractivity contribution >= 4 is 0 Å². The van der Waals surface area contributed by atoms with Crippen LogP contribution in [-0.4, -0.2) is 11.8 Å². The normalized spacial score (nSPS) is 30.3. The molecule has 1 rings (SSSR count). The molecule has 0 unspecified atom stereocenters. The lowest BCUT2D eigenvalue weighted by atomic mass is 9.59. The van der Waals surface area contributed by atoms with Gasteiger partial charge in [-0.3, -0.25) is 0 Å². The highest BCUT2D eigenvalue weighted by Crippen LogP contribution is 2.60. The minimum atomic E-state index is -3.31. The molecule has 0 amide bonds. The third kappa shape index (κ3) is 3.14. The molecule has 0 aromatic carbocycles. The average molecular weight is 296 g/mol. The molecule has 1 aliphatic rings. The van der Waals surface area contributed by atoms with Crippen molar-refractivity contribution in [2.45, 2.75) is 79.1 Å². The van der Waals surface area contributed by atoms with E-state index >= 15 is 0 Å². The molecular weight excluding hydrogens is 268 g/mol. The largest absolute Gasteiger partial charge is 0.257 e. The fourth-order valence-corrected chi connectivity index (χ4v) is 3.46. The van der Waals surface area contributed by atoms with E-state index in [1.807, 2.05) is 20.8 Å². The minimum absolute atomic E-state index is 0.324. The van der Waals surface area contributed by atoms with E-state index in [-0.39, 0.29) is 0 Å². The van der Waals surface area contributed by atoms with Crippen LogP contribution >= 0.6 is 0 Å². The van der Waals surface area contributed by atoms with Gasteiger partial charge in [0, 0.05) is 12.8 Å². The maximum atomic E-state index is 14.5. The van der Waals surface area contributed by atoms with Gasteiger partial charge in [-0.05, 0) is 16.7 Å². The highest BCUT2D eigenvalue weighted by molar-refractivity contribution is 5.04. The van der Waals surface area contributed by atoms with Gasteiger partial charge in [0.25, 0.3) is 11.8 Å². The number of alkyl halides is 4. The smallest absolute Gasteiger partial charge is 0.206 e. The van der Waals surface area contributed by atoms with Crippen LogP contribution in [0, 0.1) is 22.7 Å². The molecule has 20 heavy (non-hydrogen) atoms. The molecular formula is C16H28F4. The van der Waals surface area contributed by atoms with E-state index in [1.165, 1.54) is 13.8 Å². The van der Waals surface area contributed by atoms with Crippen LogP contribution in [0.15, 0.2) is 0 Å². The Balaban J connectivity index is 3.17. The van der Waals surface area contributed by atoms with E-state index in [4.69, 9.17) is 0 Å². The molecule has 1 saturated carbocycles. The molecule has 0 heterocycles. The molecule has 0 atom stereocenters. The molecule has 0 aliphatic heterocycles. The molecule has 0 aromatic heterocycles. The first-order valence-corrected chi connectivity index (χ1v) is 7.56. The molecule has 0 saturated heterocycles. The van der Waals surface area contributed by atoms with E-state index in [1.54, 1.807) is 6.92 Å². The Labute approximate surface area is 120 Å². The summed E-state index contributed by atoms with van der Waals surface area (Å²) in [6.07, 6.45) is 0.116. The topological polar surface area (TPSA) is 0 Å². The second-order valence-electron chi connectivity index (χ2n) is 7.74. The van der Waals surface area contributed by atoms with Crippen molar-refractivity contribution in [2.75, 3.05) is 0 Å².